The number of nitrogens with one attached hydrogen (secondary N) is 2. The van der Waals surface area contributed by atoms with Crippen molar-refractivity contribution in [1.82, 2.24) is 19.9 Å². The van der Waals surface area contributed by atoms with Gasteiger partial charge in [0.1, 0.15) is 17.8 Å². The zero-order valence-electron chi connectivity index (χ0n) is 15.1. The van der Waals surface area contributed by atoms with Crippen LogP contribution in [0.1, 0.15) is 41.4 Å². The number of aromatic amines is 1. The van der Waals surface area contributed by atoms with Crippen LogP contribution >= 0.6 is 0 Å². The number of hydrogen-bond donors (Lipinski definition) is 2. The minimum absolute atomic E-state index is 0.185. The van der Waals surface area contributed by atoms with Crippen LogP contribution < -0.4 is 5.32 Å². The number of alkyl halides is 2. The summed E-state index contributed by atoms with van der Waals surface area (Å²) < 4.78 is 40.4. The van der Waals surface area contributed by atoms with Crippen molar-refractivity contribution >= 4 is 22.6 Å². The summed E-state index contributed by atoms with van der Waals surface area (Å²) in [5, 5.41) is 3.54. The normalized spacial score (nSPS) is 16.1. The molecule has 0 unspecified atom stereocenters. The van der Waals surface area contributed by atoms with Crippen LogP contribution in [0.5, 0.6) is 0 Å². The molecule has 0 spiro atoms. The number of carbonyl (C=O) groups is 1. The van der Waals surface area contributed by atoms with E-state index >= 15 is 0 Å². The van der Waals surface area contributed by atoms with Gasteiger partial charge >= 0.3 is 0 Å². The van der Waals surface area contributed by atoms with Gasteiger partial charge in [-0.1, -0.05) is 0 Å². The van der Waals surface area contributed by atoms with Crippen molar-refractivity contribution in [2.45, 2.75) is 32.1 Å². The van der Waals surface area contributed by atoms with Crippen LogP contribution in [-0.4, -0.2) is 38.2 Å². The second-order valence-corrected chi connectivity index (χ2v) is 6.98. The molecule has 0 radical (unpaired) electrons. The second kappa shape index (κ2) is 6.88. The topological polar surface area (TPSA) is 83.6 Å². The van der Waals surface area contributed by atoms with E-state index in [1.165, 1.54) is 24.7 Å². The summed E-state index contributed by atoms with van der Waals surface area (Å²) in [7, 11) is 0. The highest BCUT2D eigenvalue weighted by Crippen LogP contribution is 2.43. The number of anilines is 1. The van der Waals surface area contributed by atoms with Gasteiger partial charge in [0, 0.05) is 31.3 Å². The van der Waals surface area contributed by atoms with Gasteiger partial charge in [-0.2, -0.15) is 4.39 Å². The predicted molar refractivity (Wildman–Crippen MR) is 97.1 cm³/mol. The van der Waals surface area contributed by atoms with Gasteiger partial charge < -0.3 is 10.3 Å². The molecule has 1 aliphatic carbocycles. The van der Waals surface area contributed by atoms with E-state index in [9.17, 15) is 18.0 Å². The van der Waals surface area contributed by atoms with Crippen molar-refractivity contribution in [3.8, 4) is 0 Å². The number of halogens is 3. The summed E-state index contributed by atoms with van der Waals surface area (Å²) in [5.74, 6) is -3.82. The van der Waals surface area contributed by atoms with Crippen molar-refractivity contribution < 1.29 is 18.0 Å². The summed E-state index contributed by atoms with van der Waals surface area (Å²) in [5.41, 5.74) is 0.879. The van der Waals surface area contributed by atoms with Crippen LogP contribution in [0, 0.1) is 11.9 Å². The van der Waals surface area contributed by atoms with Crippen molar-refractivity contribution in [1.29, 1.82) is 0 Å². The van der Waals surface area contributed by atoms with Gasteiger partial charge in [0.05, 0.1) is 16.5 Å². The molecule has 9 heteroatoms. The molecule has 146 valence electrons. The lowest BCUT2D eigenvalue weighted by Gasteiger charge is -2.34. The Balaban J connectivity index is 1.61. The van der Waals surface area contributed by atoms with E-state index in [-0.39, 0.29) is 36.3 Å². The summed E-state index contributed by atoms with van der Waals surface area (Å²) in [4.78, 5) is 27.8. The third-order valence-electron chi connectivity index (χ3n) is 4.88. The number of ketones is 1. The molecule has 1 saturated carbocycles. The maximum absolute atomic E-state index is 14.5. The summed E-state index contributed by atoms with van der Waals surface area (Å²) in [6, 6.07) is 2.87. The molecule has 28 heavy (non-hydrogen) atoms. The molecule has 3 aromatic rings. The first kappa shape index (κ1) is 18.4. The third-order valence-corrected chi connectivity index (χ3v) is 4.88. The van der Waals surface area contributed by atoms with Gasteiger partial charge in [-0.25, -0.2) is 23.7 Å². The van der Waals surface area contributed by atoms with Crippen LogP contribution in [0.25, 0.3) is 11.0 Å². The van der Waals surface area contributed by atoms with E-state index in [0.717, 1.165) is 0 Å². The van der Waals surface area contributed by atoms with E-state index in [4.69, 9.17) is 0 Å². The van der Waals surface area contributed by atoms with E-state index in [2.05, 4.69) is 25.3 Å². The van der Waals surface area contributed by atoms with Crippen LogP contribution in [0.15, 0.2) is 24.7 Å². The van der Waals surface area contributed by atoms with Gasteiger partial charge in [-0.05, 0) is 31.4 Å². The van der Waals surface area contributed by atoms with Crippen LogP contribution in [0.4, 0.5) is 19.0 Å². The number of carbonyl (C=O) groups excluding carboxylic acids is 1. The Morgan fingerprint density at radius 2 is 2.07 bits per heavy atom. The zero-order chi connectivity index (χ0) is 19.9. The number of rotatable bonds is 6. The van der Waals surface area contributed by atoms with Crippen molar-refractivity contribution in [3.63, 3.8) is 0 Å². The molecule has 4 rings (SSSR count). The predicted octanol–water partition coefficient (Wildman–Crippen LogP) is 3.74. The number of H-pyrrole nitrogens is 1. The molecule has 0 aliphatic heterocycles. The van der Waals surface area contributed by atoms with Crippen LogP contribution in [-0.2, 0) is 6.42 Å². The summed E-state index contributed by atoms with van der Waals surface area (Å²) in [6.07, 6.45) is 2.68. The highest BCUT2D eigenvalue weighted by atomic mass is 19.3. The molecule has 0 atom stereocenters. The highest BCUT2D eigenvalue weighted by Gasteiger charge is 2.45. The lowest BCUT2D eigenvalue weighted by molar-refractivity contribution is -0.109. The van der Waals surface area contributed by atoms with Crippen LogP contribution in [0.2, 0.25) is 0 Å². The number of aromatic nitrogens is 4. The fourth-order valence-electron chi connectivity index (χ4n) is 3.57. The van der Waals surface area contributed by atoms with Crippen molar-refractivity contribution in [2.75, 3.05) is 11.9 Å². The summed E-state index contributed by atoms with van der Waals surface area (Å²) in [6.45, 7) is 2.48. The number of nitrogens with zero attached hydrogens (tertiary/aromatic N) is 3. The summed E-state index contributed by atoms with van der Waals surface area (Å²) >= 11 is 0. The molecule has 0 aromatic carbocycles. The first-order chi connectivity index (χ1) is 13.4. The molecule has 3 heterocycles. The second-order valence-electron chi connectivity index (χ2n) is 6.98. The van der Waals surface area contributed by atoms with E-state index in [1.807, 2.05) is 6.92 Å². The zero-order valence-corrected chi connectivity index (χ0v) is 15.1. The molecule has 0 amide bonds. The standard InChI is InChI=1S/C19H18F3N5O/c1-2-23-17-14-13(8-24-18(14)26-9-25-17)15(28)12-4-3-11(27-16(12)20)5-10-6-19(21,22)7-10/h3-4,8-10H,2,5-7H2,1H3,(H2,23,24,25,26). The van der Waals surface area contributed by atoms with Gasteiger partial charge in [0.2, 0.25) is 11.9 Å². The molecular weight excluding hydrogens is 371 g/mol. The van der Waals surface area contributed by atoms with E-state index < -0.39 is 17.7 Å². The van der Waals surface area contributed by atoms with Crippen molar-refractivity contribution in [3.05, 3.63) is 47.4 Å². The lowest BCUT2D eigenvalue weighted by atomic mass is 9.78. The molecule has 6 nitrogen and oxygen atoms in total. The van der Waals surface area contributed by atoms with Gasteiger partial charge in [-0.15, -0.1) is 0 Å². The van der Waals surface area contributed by atoms with Gasteiger partial charge in [-0.3, -0.25) is 4.79 Å². The number of fused-ring (bicyclic) bond motifs is 1. The maximum atomic E-state index is 14.5. The average Bonchev–Trinajstić information content (AvgIpc) is 3.05. The van der Waals surface area contributed by atoms with Crippen LogP contribution in [0.3, 0.4) is 0 Å². The molecule has 1 fully saturated rings. The quantitative estimate of drug-likeness (QED) is 0.496. The number of hydrogen-bond acceptors (Lipinski definition) is 5. The molecular formula is C19H18F3N5O. The molecule has 2 N–H and O–H groups in total. The first-order valence-corrected chi connectivity index (χ1v) is 9.02. The van der Waals surface area contributed by atoms with Gasteiger partial charge in [0.25, 0.3) is 0 Å². The van der Waals surface area contributed by atoms with Gasteiger partial charge in [0.15, 0.2) is 5.78 Å². The SMILES string of the molecule is CCNc1ncnc2[nH]cc(C(=O)c3ccc(CC4CC(F)(F)C4)nc3F)c12. The Labute approximate surface area is 158 Å². The number of pyridine rings is 1. The minimum Gasteiger partial charge on any atom is -0.370 e. The Hall–Kier alpha value is -2.97. The third kappa shape index (κ3) is 3.32. The smallest absolute Gasteiger partial charge is 0.248 e. The maximum Gasteiger partial charge on any atom is 0.248 e. The fourth-order valence-corrected chi connectivity index (χ4v) is 3.57. The fraction of sp³-hybridized carbons (Fsp3) is 0.368. The lowest BCUT2D eigenvalue weighted by Crippen LogP contribution is -2.36. The Morgan fingerprint density at radius 3 is 2.75 bits per heavy atom. The Kier molecular flexibility index (Phi) is 4.52. The highest BCUT2D eigenvalue weighted by molar-refractivity contribution is 6.17. The molecule has 0 saturated heterocycles. The molecule has 0 bridgehead atoms. The molecule has 1 aliphatic rings. The minimum atomic E-state index is -2.62. The van der Waals surface area contributed by atoms with Crippen molar-refractivity contribution in [2.24, 2.45) is 5.92 Å². The Bertz CT molecular complexity index is 1040. The average molecular weight is 389 g/mol. The Morgan fingerprint density at radius 1 is 1.29 bits per heavy atom. The van der Waals surface area contributed by atoms with E-state index in [0.29, 0.717) is 29.1 Å². The first-order valence-electron chi connectivity index (χ1n) is 9.02. The molecule has 3 aromatic heterocycles. The monoisotopic (exact) mass is 389 g/mol. The van der Waals surface area contributed by atoms with E-state index in [1.54, 1.807) is 0 Å². The largest absolute Gasteiger partial charge is 0.370 e.